The van der Waals surface area contributed by atoms with Crippen LogP contribution in [0.2, 0.25) is 0 Å². The van der Waals surface area contributed by atoms with Crippen molar-refractivity contribution in [1.29, 1.82) is 0 Å². The smallest absolute Gasteiger partial charge is 0.236 e. The Morgan fingerprint density at radius 2 is 2.25 bits per heavy atom. The number of carbonyl (C=O) groups is 1. The number of carbonyl (C=O) groups excluding carboxylic acids is 1. The number of likely N-dealkylation sites (N-methyl/N-ethyl adjacent to an activating group) is 1. The molecule has 1 aliphatic rings. The summed E-state index contributed by atoms with van der Waals surface area (Å²) in [4.78, 5) is 13.6. The molecule has 0 aromatic carbocycles. The molecule has 1 saturated heterocycles. The van der Waals surface area contributed by atoms with Crippen molar-refractivity contribution >= 4 is 5.91 Å². The van der Waals surface area contributed by atoms with Crippen molar-refractivity contribution in [2.45, 2.75) is 38.7 Å². The molecule has 1 rings (SSSR count). The van der Waals surface area contributed by atoms with E-state index >= 15 is 0 Å². The van der Waals surface area contributed by atoms with Crippen LogP contribution >= 0.6 is 0 Å². The Morgan fingerprint density at radius 3 is 2.94 bits per heavy atom. The Kier molecular flexibility index (Phi) is 6.42. The van der Waals surface area contributed by atoms with Gasteiger partial charge in [0, 0.05) is 19.7 Å². The summed E-state index contributed by atoms with van der Waals surface area (Å²) in [5.41, 5.74) is 0. The zero-order valence-corrected chi connectivity index (χ0v) is 10.5. The third kappa shape index (κ3) is 4.49. The average Bonchev–Trinajstić information content (AvgIpc) is 2.52. The molecule has 0 bridgehead atoms. The molecule has 1 atom stereocenters. The van der Waals surface area contributed by atoms with Gasteiger partial charge in [-0.05, 0) is 32.7 Å². The van der Waals surface area contributed by atoms with Gasteiger partial charge in [-0.2, -0.15) is 0 Å². The van der Waals surface area contributed by atoms with E-state index in [0.29, 0.717) is 12.6 Å². The highest BCUT2D eigenvalue weighted by molar-refractivity contribution is 5.78. The molecule has 0 saturated carbocycles. The molecule has 16 heavy (non-hydrogen) atoms. The molecule has 1 amide bonds. The molecular weight excluding hydrogens is 204 g/mol. The van der Waals surface area contributed by atoms with E-state index in [2.05, 4.69) is 12.2 Å². The van der Waals surface area contributed by atoms with Crippen LogP contribution in [0.5, 0.6) is 0 Å². The highest BCUT2D eigenvalue weighted by atomic mass is 16.5. The first kappa shape index (κ1) is 13.5. The van der Waals surface area contributed by atoms with Gasteiger partial charge in [0.05, 0.1) is 12.6 Å². The third-order valence-corrected chi connectivity index (χ3v) is 2.91. The maximum absolute atomic E-state index is 11.7. The molecule has 1 aliphatic heterocycles. The molecule has 0 aromatic heterocycles. The minimum atomic E-state index is 0.207. The van der Waals surface area contributed by atoms with E-state index in [1.54, 1.807) is 0 Å². The second kappa shape index (κ2) is 7.63. The lowest BCUT2D eigenvalue weighted by atomic mass is 10.2. The highest BCUT2D eigenvalue weighted by Crippen LogP contribution is 2.14. The van der Waals surface area contributed by atoms with E-state index in [1.807, 2.05) is 11.9 Å². The van der Waals surface area contributed by atoms with Crippen LogP contribution in [0, 0.1) is 0 Å². The fourth-order valence-corrected chi connectivity index (χ4v) is 2.03. The molecule has 1 unspecified atom stereocenters. The lowest BCUT2D eigenvalue weighted by Crippen LogP contribution is -2.38. The van der Waals surface area contributed by atoms with Crippen molar-refractivity contribution in [3.05, 3.63) is 0 Å². The zero-order chi connectivity index (χ0) is 11.8. The van der Waals surface area contributed by atoms with Gasteiger partial charge in [-0.3, -0.25) is 4.79 Å². The number of ether oxygens (including phenoxy) is 1. The van der Waals surface area contributed by atoms with E-state index in [9.17, 15) is 4.79 Å². The molecular formula is C12H24N2O2. The van der Waals surface area contributed by atoms with Crippen LogP contribution in [-0.4, -0.2) is 50.2 Å². The van der Waals surface area contributed by atoms with Crippen LogP contribution in [0.4, 0.5) is 0 Å². The number of nitrogens with one attached hydrogen (secondary N) is 1. The molecule has 0 aromatic rings. The van der Waals surface area contributed by atoms with Gasteiger partial charge in [-0.25, -0.2) is 0 Å². The quantitative estimate of drug-likeness (QED) is 0.763. The maximum atomic E-state index is 11.7. The molecule has 4 heteroatoms. The van der Waals surface area contributed by atoms with Crippen LogP contribution in [0.1, 0.15) is 32.6 Å². The largest absolute Gasteiger partial charge is 0.378 e. The molecule has 0 aliphatic carbocycles. The van der Waals surface area contributed by atoms with Gasteiger partial charge in [0.1, 0.15) is 0 Å². The summed E-state index contributed by atoms with van der Waals surface area (Å²) in [5, 5.41) is 2.91. The average molecular weight is 228 g/mol. The Balaban J connectivity index is 2.31. The number of rotatable bonds is 5. The van der Waals surface area contributed by atoms with Crippen molar-refractivity contribution in [1.82, 2.24) is 10.2 Å². The van der Waals surface area contributed by atoms with Crippen molar-refractivity contribution < 1.29 is 9.53 Å². The van der Waals surface area contributed by atoms with Crippen molar-refractivity contribution in [3.63, 3.8) is 0 Å². The van der Waals surface area contributed by atoms with Gasteiger partial charge in [0.25, 0.3) is 0 Å². The fraction of sp³-hybridized carbons (Fsp3) is 0.917. The highest BCUT2D eigenvalue weighted by Gasteiger charge is 2.20. The van der Waals surface area contributed by atoms with Gasteiger partial charge in [0.2, 0.25) is 5.91 Å². The first-order valence-electron chi connectivity index (χ1n) is 6.32. The third-order valence-electron chi connectivity index (χ3n) is 2.91. The van der Waals surface area contributed by atoms with Crippen molar-refractivity contribution in [2.24, 2.45) is 0 Å². The lowest BCUT2D eigenvalue weighted by molar-refractivity contribution is -0.130. The maximum Gasteiger partial charge on any atom is 0.236 e. The van der Waals surface area contributed by atoms with E-state index in [-0.39, 0.29) is 5.91 Å². The minimum absolute atomic E-state index is 0.207. The molecule has 1 heterocycles. The first-order chi connectivity index (χ1) is 7.77. The van der Waals surface area contributed by atoms with E-state index < -0.39 is 0 Å². The van der Waals surface area contributed by atoms with E-state index in [1.165, 1.54) is 0 Å². The Bertz CT molecular complexity index is 209. The Hall–Kier alpha value is -0.610. The van der Waals surface area contributed by atoms with Crippen LogP contribution in [0.15, 0.2) is 0 Å². The van der Waals surface area contributed by atoms with Crippen molar-refractivity contribution in [3.8, 4) is 0 Å². The molecule has 0 spiro atoms. The number of nitrogens with zero attached hydrogens (tertiary/aromatic N) is 1. The zero-order valence-electron chi connectivity index (χ0n) is 10.5. The lowest BCUT2D eigenvalue weighted by Gasteiger charge is -2.20. The summed E-state index contributed by atoms with van der Waals surface area (Å²) in [6.07, 6.45) is 4.55. The summed E-state index contributed by atoms with van der Waals surface area (Å²) in [7, 11) is 1.81. The second-order valence-corrected chi connectivity index (χ2v) is 4.33. The van der Waals surface area contributed by atoms with Gasteiger partial charge in [0.15, 0.2) is 0 Å². The summed E-state index contributed by atoms with van der Waals surface area (Å²) in [5.74, 6) is 0.207. The SMILES string of the molecule is CCCOC1CCCN(C(=O)CNC)CC1. The minimum Gasteiger partial charge on any atom is -0.378 e. The normalized spacial score (nSPS) is 21.9. The molecule has 0 radical (unpaired) electrons. The standard InChI is InChI=1S/C12H24N2O2/c1-3-9-16-11-5-4-7-14(8-6-11)12(15)10-13-2/h11,13H,3-10H2,1-2H3. The Labute approximate surface area is 98.3 Å². The number of likely N-dealkylation sites (tertiary alicyclic amines) is 1. The molecule has 1 fully saturated rings. The Morgan fingerprint density at radius 1 is 1.44 bits per heavy atom. The summed E-state index contributed by atoms with van der Waals surface area (Å²) in [6, 6.07) is 0. The molecule has 94 valence electrons. The fourth-order valence-electron chi connectivity index (χ4n) is 2.03. The predicted molar refractivity (Wildman–Crippen MR) is 64.4 cm³/mol. The summed E-state index contributed by atoms with van der Waals surface area (Å²) in [6.45, 7) is 5.14. The van der Waals surface area contributed by atoms with E-state index in [0.717, 1.165) is 45.4 Å². The monoisotopic (exact) mass is 228 g/mol. The number of amides is 1. The number of hydrogen-bond donors (Lipinski definition) is 1. The van der Waals surface area contributed by atoms with Crippen LogP contribution < -0.4 is 5.32 Å². The van der Waals surface area contributed by atoms with Gasteiger partial charge < -0.3 is 15.0 Å². The molecule has 4 nitrogen and oxygen atoms in total. The molecule has 1 N–H and O–H groups in total. The van der Waals surface area contributed by atoms with Gasteiger partial charge in [-0.1, -0.05) is 6.92 Å². The topological polar surface area (TPSA) is 41.6 Å². The van der Waals surface area contributed by atoms with Crippen LogP contribution in [-0.2, 0) is 9.53 Å². The first-order valence-corrected chi connectivity index (χ1v) is 6.32. The van der Waals surface area contributed by atoms with Crippen LogP contribution in [0.25, 0.3) is 0 Å². The predicted octanol–water partition coefficient (Wildman–Crippen LogP) is 1.01. The van der Waals surface area contributed by atoms with Gasteiger partial charge in [-0.15, -0.1) is 0 Å². The summed E-state index contributed by atoms with van der Waals surface area (Å²) < 4.78 is 5.75. The van der Waals surface area contributed by atoms with Gasteiger partial charge >= 0.3 is 0 Å². The van der Waals surface area contributed by atoms with E-state index in [4.69, 9.17) is 4.74 Å². The summed E-state index contributed by atoms with van der Waals surface area (Å²) >= 11 is 0. The second-order valence-electron chi connectivity index (χ2n) is 4.33. The number of hydrogen-bond acceptors (Lipinski definition) is 3. The van der Waals surface area contributed by atoms with Crippen LogP contribution in [0.3, 0.4) is 0 Å². The van der Waals surface area contributed by atoms with Crippen molar-refractivity contribution in [2.75, 3.05) is 33.3 Å².